The summed E-state index contributed by atoms with van der Waals surface area (Å²) in [6, 6.07) is 0. The van der Waals surface area contributed by atoms with E-state index < -0.39 is 0 Å². The largest absolute Gasteiger partial charge is 0.378 e. The van der Waals surface area contributed by atoms with Crippen LogP contribution in [0.5, 0.6) is 0 Å². The molecule has 18 heavy (non-hydrogen) atoms. The second-order valence-corrected chi connectivity index (χ2v) is 6.65. The highest BCUT2D eigenvalue weighted by molar-refractivity contribution is 7.11. The number of nitrogens with one attached hydrogen (secondary N) is 1. The standard InChI is InChI=1S/C14H24N2OS/c1-10(2)8-15-9-13-11(3)16-14(18-13)7-12-5-4-6-17-12/h10,12,15H,4-9H2,1-3H3. The van der Waals surface area contributed by atoms with Gasteiger partial charge >= 0.3 is 0 Å². The molecule has 2 rings (SSSR count). The van der Waals surface area contributed by atoms with Gasteiger partial charge in [0.25, 0.3) is 0 Å². The Bertz CT molecular complexity index is 370. The van der Waals surface area contributed by atoms with Crippen molar-refractivity contribution >= 4 is 11.3 Å². The minimum atomic E-state index is 0.409. The Kier molecular flexibility index (Phi) is 5.15. The Morgan fingerprint density at radius 1 is 1.50 bits per heavy atom. The molecule has 0 aliphatic carbocycles. The van der Waals surface area contributed by atoms with Gasteiger partial charge in [-0.3, -0.25) is 0 Å². The second kappa shape index (κ2) is 6.64. The first kappa shape index (κ1) is 14.0. The van der Waals surface area contributed by atoms with Crippen molar-refractivity contribution in [1.82, 2.24) is 10.3 Å². The minimum absolute atomic E-state index is 0.409. The highest BCUT2D eigenvalue weighted by Crippen LogP contribution is 2.23. The zero-order valence-corrected chi connectivity index (χ0v) is 12.5. The fraction of sp³-hybridized carbons (Fsp3) is 0.786. The summed E-state index contributed by atoms with van der Waals surface area (Å²) in [7, 11) is 0. The van der Waals surface area contributed by atoms with Gasteiger partial charge in [-0.1, -0.05) is 13.8 Å². The average Bonchev–Trinajstić information content (AvgIpc) is 2.90. The summed E-state index contributed by atoms with van der Waals surface area (Å²) in [5.41, 5.74) is 1.18. The molecule has 102 valence electrons. The highest BCUT2D eigenvalue weighted by atomic mass is 32.1. The molecule has 1 unspecified atom stereocenters. The Balaban J connectivity index is 1.85. The SMILES string of the molecule is Cc1nc(CC2CCCO2)sc1CNCC(C)C. The van der Waals surface area contributed by atoms with E-state index in [9.17, 15) is 0 Å². The van der Waals surface area contributed by atoms with E-state index in [-0.39, 0.29) is 0 Å². The van der Waals surface area contributed by atoms with E-state index >= 15 is 0 Å². The van der Waals surface area contributed by atoms with E-state index in [2.05, 4.69) is 31.1 Å². The van der Waals surface area contributed by atoms with Crippen LogP contribution in [-0.2, 0) is 17.7 Å². The van der Waals surface area contributed by atoms with Crippen LogP contribution in [0.4, 0.5) is 0 Å². The molecule has 2 heterocycles. The van der Waals surface area contributed by atoms with E-state index in [4.69, 9.17) is 4.74 Å². The second-order valence-electron chi connectivity index (χ2n) is 5.48. The molecule has 0 bridgehead atoms. The zero-order valence-electron chi connectivity index (χ0n) is 11.7. The van der Waals surface area contributed by atoms with E-state index in [0.717, 1.165) is 26.1 Å². The van der Waals surface area contributed by atoms with Crippen LogP contribution in [0.15, 0.2) is 0 Å². The first-order valence-corrected chi connectivity index (χ1v) is 7.74. The van der Waals surface area contributed by atoms with Gasteiger partial charge in [0, 0.05) is 24.4 Å². The molecule has 0 amide bonds. The van der Waals surface area contributed by atoms with Crippen LogP contribution in [0.1, 0.15) is 42.3 Å². The van der Waals surface area contributed by atoms with Crippen LogP contribution in [0.25, 0.3) is 0 Å². The summed E-state index contributed by atoms with van der Waals surface area (Å²) in [5, 5.41) is 4.72. The van der Waals surface area contributed by atoms with Crippen molar-refractivity contribution in [3.05, 3.63) is 15.6 Å². The quantitative estimate of drug-likeness (QED) is 0.861. The maximum Gasteiger partial charge on any atom is 0.0957 e. The highest BCUT2D eigenvalue weighted by Gasteiger charge is 2.18. The topological polar surface area (TPSA) is 34.1 Å². The maximum atomic E-state index is 5.67. The van der Waals surface area contributed by atoms with E-state index in [1.54, 1.807) is 0 Å². The number of hydrogen-bond donors (Lipinski definition) is 1. The van der Waals surface area contributed by atoms with Crippen molar-refractivity contribution < 1.29 is 4.74 Å². The number of aryl methyl sites for hydroxylation is 1. The molecule has 1 N–H and O–H groups in total. The van der Waals surface area contributed by atoms with Crippen LogP contribution in [0.3, 0.4) is 0 Å². The molecule has 1 aliphatic heterocycles. The molecular weight excluding hydrogens is 244 g/mol. The maximum absolute atomic E-state index is 5.67. The number of aromatic nitrogens is 1. The molecule has 1 aliphatic rings. The molecule has 0 spiro atoms. The molecule has 1 fully saturated rings. The molecule has 0 aromatic carbocycles. The number of rotatable bonds is 6. The van der Waals surface area contributed by atoms with Gasteiger partial charge in [-0.05, 0) is 32.2 Å². The lowest BCUT2D eigenvalue weighted by Crippen LogP contribution is -2.18. The number of nitrogens with zero attached hydrogens (tertiary/aromatic N) is 1. The molecule has 3 nitrogen and oxygen atoms in total. The first-order chi connectivity index (χ1) is 8.65. The van der Waals surface area contributed by atoms with Crippen molar-refractivity contribution in [2.24, 2.45) is 5.92 Å². The predicted octanol–water partition coefficient (Wildman–Crippen LogP) is 2.92. The van der Waals surface area contributed by atoms with Crippen LogP contribution < -0.4 is 5.32 Å². The Labute approximate surface area is 114 Å². The third-order valence-corrected chi connectivity index (χ3v) is 4.38. The molecule has 1 saturated heterocycles. The van der Waals surface area contributed by atoms with Crippen molar-refractivity contribution in [3.8, 4) is 0 Å². The summed E-state index contributed by atoms with van der Waals surface area (Å²) < 4.78 is 5.67. The summed E-state index contributed by atoms with van der Waals surface area (Å²) in [4.78, 5) is 6.05. The van der Waals surface area contributed by atoms with E-state index in [0.29, 0.717) is 12.0 Å². The minimum Gasteiger partial charge on any atom is -0.378 e. The Hall–Kier alpha value is -0.450. The molecule has 0 radical (unpaired) electrons. The fourth-order valence-corrected chi connectivity index (χ4v) is 3.32. The van der Waals surface area contributed by atoms with Gasteiger partial charge in [0.1, 0.15) is 0 Å². The smallest absolute Gasteiger partial charge is 0.0957 e. The fourth-order valence-electron chi connectivity index (χ4n) is 2.21. The molecule has 1 aromatic rings. The first-order valence-electron chi connectivity index (χ1n) is 6.92. The zero-order chi connectivity index (χ0) is 13.0. The van der Waals surface area contributed by atoms with Crippen LogP contribution in [0.2, 0.25) is 0 Å². The number of hydrogen-bond acceptors (Lipinski definition) is 4. The van der Waals surface area contributed by atoms with Gasteiger partial charge in [0.15, 0.2) is 0 Å². The van der Waals surface area contributed by atoms with Gasteiger partial charge in [-0.2, -0.15) is 0 Å². The summed E-state index contributed by atoms with van der Waals surface area (Å²) >= 11 is 1.84. The van der Waals surface area contributed by atoms with Crippen LogP contribution >= 0.6 is 11.3 Å². The van der Waals surface area contributed by atoms with Gasteiger partial charge < -0.3 is 10.1 Å². The van der Waals surface area contributed by atoms with Gasteiger partial charge in [-0.25, -0.2) is 4.98 Å². The molecule has 1 atom stereocenters. The van der Waals surface area contributed by atoms with E-state index in [1.807, 2.05) is 11.3 Å². The number of ether oxygens (including phenoxy) is 1. The average molecular weight is 268 g/mol. The monoisotopic (exact) mass is 268 g/mol. The molecule has 4 heteroatoms. The van der Waals surface area contributed by atoms with Crippen molar-refractivity contribution in [2.45, 2.75) is 52.7 Å². The Morgan fingerprint density at radius 3 is 3.00 bits per heavy atom. The third kappa shape index (κ3) is 4.04. The lowest BCUT2D eigenvalue weighted by molar-refractivity contribution is 0.111. The molecular formula is C14H24N2OS. The van der Waals surface area contributed by atoms with Gasteiger partial charge in [0.05, 0.1) is 16.8 Å². The van der Waals surface area contributed by atoms with E-state index in [1.165, 1.54) is 28.4 Å². The van der Waals surface area contributed by atoms with Crippen LogP contribution in [0, 0.1) is 12.8 Å². The lowest BCUT2D eigenvalue weighted by Gasteiger charge is -2.06. The predicted molar refractivity (Wildman–Crippen MR) is 76.1 cm³/mol. The lowest BCUT2D eigenvalue weighted by atomic mass is 10.2. The summed E-state index contributed by atoms with van der Waals surface area (Å²) in [6.07, 6.45) is 3.81. The normalized spacial score (nSPS) is 19.9. The summed E-state index contributed by atoms with van der Waals surface area (Å²) in [5.74, 6) is 0.699. The molecule has 0 saturated carbocycles. The number of thiazole rings is 1. The third-order valence-electron chi connectivity index (χ3n) is 3.20. The van der Waals surface area contributed by atoms with Crippen LogP contribution in [-0.4, -0.2) is 24.2 Å². The van der Waals surface area contributed by atoms with Gasteiger partial charge in [-0.15, -0.1) is 11.3 Å². The summed E-state index contributed by atoms with van der Waals surface area (Å²) in [6.45, 7) is 9.52. The van der Waals surface area contributed by atoms with Crippen molar-refractivity contribution in [2.75, 3.05) is 13.2 Å². The van der Waals surface area contributed by atoms with Gasteiger partial charge in [0.2, 0.25) is 0 Å². The van der Waals surface area contributed by atoms with Crippen molar-refractivity contribution in [3.63, 3.8) is 0 Å². The Morgan fingerprint density at radius 2 is 2.33 bits per heavy atom. The molecule has 1 aromatic heterocycles. The van der Waals surface area contributed by atoms with Crippen molar-refractivity contribution in [1.29, 1.82) is 0 Å².